The summed E-state index contributed by atoms with van der Waals surface area (Å²) in [4.78, 5) is 24.6. The van der Waals surface area contributed by atoms with Crippen LogP contribution in [0, 0.1) is 0 Å². The third-order valence-electron chi connectivity index (χ3n) is 3.96. The van der Waals surface area contributed by atoms with E-state index in [2.05, 4.69) is 10.9 Å². The molecule has 1 aliphatic heterocycles. The Bertz CT molecular complexity index is 852. The van der Waals surface area contributed by atoms with Crippen LogP contribution in [0.15, 0.2) is 36.4 Å². The second-order valence-corrected chi connectivity index (χ2v) is 5.35. The van der Waals surface area contributed by atoms with Crippen molar-refractivity contribution in [2.75, 3.05) is 21.3 Å². The van der Waals surface area contributed by atoms with Crippen LogP contribution in [0.1, 0.15) is 32.5 Å². The number of hydrazine groups is 1. The fraction of sp³-hybridized carbons (Fsp3) is 0.222. The van der Waals surface area contributed by atoms with Gasteiger partial charge in [0.15, 0.2) is 17.7 Å². The fourth-order valence-electron chi connectivity index (χ4n) is 2.74. The minimum absolute atomic E-state index is 0.260. The summed E-state index contributed by atoms with van der Waals surface area (Å²) in [7, 11) is 4.40. The Labute approximate surface area is 150 Å². The Kier molecular flexibility index (Phi) is 4.94. The second-order valence-electron chi connectivity index (χ2n) is 5.35. The summed E-state index contributed by atoms with van der Waals surface area (Å²) < 4.78 is 20.9. The monoisotopic (exact) mass is 358 g/mol. The molecule has 2 aromatic carbocycles. The molecule has 2 aromatic rings. The van der Waals surface area contributed by atoms with Gasteiger partial charge in [0.2, 0.25) is 0 Å². The number of hydrogen-bond acceptors (Lipinski definition) is 7. The zero-order valence-corrected chi connectivity index (χ0v) is 14.5. The standard InChI is InChI=1S/C18H18N2O6/c1-23-12-7-5-4-6-10(12)16(21)19-20-17-11-8-9-13(24-2)15(25-3)14(11)18(22)26-17/h4-9,17,20H,1-3H3,(H,19,21). The number of carbonyl (C=O) groups is 2. The minimum Gasteiger partial charge on any atom is -0.496 e. The van der Waals surface area contributed by atoms with Crippen LogP contribution in [0.25, 0.3) is 0 Å². The number of esters is 1. The van der Waals surface area contributed by atoms with Crippen molar-refractivity contribution in [3.8, 4) is 17.2 Å². The smallest absolute Gasteiger partial charge is 0.344 e. The highest BCUT2D eigenvalue weighted by Gasteiger charge is 2.36. The van der Waals surface area contributed by atoms with Crippen molar-refractivity contribution in [3.63, 3.8) is 0 Å². The van der Waals surface area contributed by atoms with Crippen LogP contribution in [0.4, 0.5) is 0 Å². The van der Waals surface area contributed by atoms with E-state index in [1.165, 1.54) is 21.3 Å². The first-order chi connectivity index (χ1) is 12.6. The molecule has 8 heteroatoms. The van der Waals surface area contributed by atoms with E-state index in [1.807, 2.05) is 0 Å². The summed E-state index contributed by atoms with van der Waals surface area (Å²) in [5, 5.41) is 0. The number of ether oxygens (including phenoxy) is 4. The van der Waals surface area contributed by atoms with Crippen LogP contribution < -0.4 is 25.1 Å². The highest BCUT2D eigenvalue weighted by molar-refractivity contribution is 5.98. The maximum absolute atomic E-state index is 12.4. The maximum atomic E-state index is 12.4. The minimum atomic E-state index is -0.851. The Morgan fingerprint density at radius 1 is 1.00 bits per heavy atom. The van der Waals surface area contributed by atoms with E-state index in [9.17, 15) is 9.59 Å². The van der Waals surface area contributed by atoms with Crippen LogP contribution in [0.5, 0.6) is 17.2 Å². The van der Waals surface area contributed by atoms with Crippen LogP contribution >= 0.6 is 0 Å². The molecule has 0 fully saturated rings. The van der Waals surface area contributed by atoms with Gasteiger partial charge in [-0.15, -0.1) is 0 Å². The Hall–Kier alpha value is -3.26. The van der Waals surface area contributed by atoms with E-state index in [4.69, 9.17) is 18.9 Å². The summed E-state index contributed by atoms with van der Waals surface area (Å²) in [6.07, 6.45) is -0.851. The van der Waals surface area contributed by atoms with Gasteiger partial charge in [-0.1, -0.05) is 12.1 Å². The molecular weight excluding hydrogens is 340 g/mol. The van der Waals surface area contributed by atoms with Gasteiger partial charge in [-0.25, -0.2) is 4.79 Å². The summed E-state index contributed by atoms with van der Waals surface area (Å²) in [6.45, 7) is 0. The number of cyclic esters (lactones) is 1. The fourth-order valence-corrected chi connectivity index (χ4v) is 2.74. The highest BCUT2D eigenvalue weighted by Crippen LogP contribution is 2.40. The van der Waals surface area contributed by atoms with Gasteiger partial charge < -0.3 is 18.9 Å². The first-order valence-electron chi connectivity index (χ1n) is 7.75. The molecule has 8 nitrogen and oxygen atoms in total. The number of para-hydroxylation sites is 1. The van der Waals surface area contributed by atoms with Crippen LogP contribution in [0.3, 0.4) is 0 Å². The molecule has 2 N–H and O–H groups in total. The third kappa shape index (κ3) is 3.02. The van der Waals surface area contributed by atoms with Crippen molar-refractivity contribution in [3.05, 3.63) is 53.1 Å². The van der Waals surface area contributed by atoms with Gasteiger partial charge in [-0.3, -0.25) is 10.2 Å². The molecule has 1 heterocycles. The summed E-state index contributed by atoms with van der Waals surface area (Å²) in [6, 6.07) is 10.1. The maximum Gasteiger partial charge on any atom is 0.344 e. The van der Waals surface area contributed by atoms with Crippen LogP contribution in [-0.2, 0) is 4.74 Å². The summed E-state index contributed by atoms with van der Waals surface area (Å²) in [5.74, 6) is 0.145. The number of amides is 1. The van der Waals surface area contributed by atoms with Gasteiger partial charge in [0.25, 0.3) is 5.91 Å². The van der Waals surface area contributed by atoms with Crippen molar-refractivity contribution in [1.29, 1.82) is 0 Å². The van der Waals surface area contributed by atoms with Crippen molar-refractivity contribution in [1.82, 2.24) is 10.9 Å². The molecule has 0 saturated heterocycles. The molecule has 0 saturated carbocycles. The van der Waals surface area contributed by atoms with Gasteiger partial charge in [0.05, 0.1) is 26.9 Å². The summed E-state index contributed by atoms with van der Waals surface area (Å²) in [5.41, 5.74) is 6.38. The van der Waals surface area contributed by atoms with Crippen LogP contribution in [-0.4, -0.2) is 33.2 Å². The van der Waals surface area contributed by atoms with E-state index in [0.717, 1.165) is 0 Å². The molecule has 1 atom stereocenters. The SMILES string of the molecule is COc1ccccc1C(=O)NNC1OC(=O)c2c1ccc(OC)c2OC. The van der Waals surface area contributed by atoms with Crippen molar-refractivity contribution in [2.24, 2.45) is 0 Å². The third-order valence-corrected chi connectivity index (χ3v) is 3.96. The average molecular weight is 358 g/mol. The lowest BCUT2D eigenvalue weighted by molar-refractivity contribution is 0.0259. The molecule has 1 aliphatic rings. The number of fused-ring (bicyclic) bond motifs is 1. The molecule has 136 valence electrons. The summed E-state index contributed by atoms with van der Waals surface area (Å²) >= 11 is 0. The number of methoxy groups -OCH3 is 3. The van der Waals surface area contributed by atoms with E-state index in [0.29, 0.717) is 22.6 Å². The second kappa shape index (κ2) is 7.32. The topological polar surface area (TPSA) is 95.1 Å². The van der Waals surface area contributed by atoms with Gasteiger partial charge >= 0.3 is 5.97 Å². The van der Waals surface area contributed by atoms with Crippen molar-refractivity contribution >= 4 is 11.9 Å². The normalized spacial score (nSPS) is 15.0. The number of benzene rings is 2. The van der Waals surface area contributed by atoms with Crippen molar-refractivity contribution in [2.45, 2.75) is 6.23 Å². The number of rotatable bonds is 6. The number of nitrogens with one attached hydrogen (secondary N) is 2. The van der Waals surface area contributed by atoms with E-state index in [-0.39, 0.29) is 11.3 Å². The molecule has 0 aromatic heterocycles. The molecule has 3 rings (SSSR count). The van der Waals surface area contributed by atoms with Crippen LogP contribution in [0.2, 0.25) is 0 Å². The van der Waals surface area contributed by atoms with E-state index >= 15 is 0 Å². The zero-order valence-electron chi connectivity index (χ0n) is 14.5. The zero-order chi connectivity index (χ0) is 18.7. The lowest BCUT2D eigenvalue weighted by atomic mass is 10.1. The molecule has 1 amide bonds. The lowest BCUT2D eigenvalue weighted by Gasteiger charge is -2.15. The highest BCUT2D eigenvalue weighted by atomic mass is 16.6. The van der Waals surface area contributed by atoms with Gasteiger partial charge in [-0.05, 0) is 24.3 Å². The van der Waals surface area contributed by atoms with E-state index < -0.39 is 18.1 Å². The molecule has 26 heavy (non-hydrogen) atoms. The molecule has 0 spiro atoms. The number of hydrogen-bond donors (Lipinski definition) is 2. The Morgan fingerprint density at radius 2 is 1.73 bits per heavy atom. The molecular formula is C18H18N2O6. The molecule has 0 bridgehead atoms. The number of carbonyl (C=O) groups excluding carboxylic acids is 2. The largest absolute Gasteiger partial charge is 0.496 e. The van der Waals surface area contributed by atoms with Crippen molar-refractivity contribution < 1.29 is 28.5 Å². The Morgan fingerprint density at radius 3 is 2.42 bits per heavy atom. The van der Waals surface area contributed by atoms with Gasteiger partial charge in [0, 0.05) is 5.56 Å². The molecule has 0 radical (unpaired) electrons. The quantitative estimate of drug-likeness (QED) is 0.601. The lowest BCUT2D eigenvalue weighted by Crippen LogP contribution is -2.40. The predicted molar refractivity (Wildman–Crippen MR) is 91.3 cm³/mol. The first-order valence-corrected chi connectivity index (χ1v) is 7.75. The van der Waals surface area contributed by atoms with Gasteiger partial charge in [-0.2, -0.15) is 5.43 Å². The van der Waals surface area contributed by atoms with E-state index in [1.54, 1.807) is 36.4 Å². The van der Waals surface area contributed by atoms with Gasteiger partial charge in [0.1, 0.15) is 11.3 Å². The molecule has 0 aliphatic carbocycles. The predicted octanol–water partition coefficient (Wildman–Crippen LogP) is 1.82. The Balaban J connectivity index is 1.79. The average Bonchev–Trinajstić information content (AvgIpc) is 3.01. The first kappa shape index (κ1) is 17.6. The molecule has 1 unspecified atom stereocenters.